The molecule has 0 aromatic carbocycles. The molecule has 6 heteroatoms. The van der Waals surface area contributed by atoms with Crippen LogP contribution in [0.1, 0.15) is 6.42 Å². The Balaban J connectivity index is 2.07. The van der Waals surface area contributed by atoms with E-state index in [-0.39, 0.29) is 12.5 Å². The molecule has 1 rings (SSSR count). The number of amides is 1. The maximum Gasteiger partial charge on any atom is 0.325 e. The van der Waals surface area contributed by atoms with Crippen molar-refractivity contribution in [1.29, 1.82) is 0 Å². The van der Waals surface area contributed by atoms with Crippen molar-refractivity contribution in [3.8, 4) is 0 Å². The van der Waals surface area contributed by atoms with Crippen LogP contribution in [0.5, 0.6) is 0 Å². The SMILES string of the molecule is COC(=O)CNC(=O)CCN1CCSCC1. The number of esters is 1. The van der Waals surface area contributed by atoms with Crippen LogP contribution in [-0.2, 0) is 14.3 Å². The zero-order valence-electron chi connectivity index (χ0n) is 9.53. The van der Waals surface area contributed by atoms with Gasteiger partial charge in [0.2, 0.25) is 5.91 Å². The average molecular weight is 246 g/mol. The summed E-state index contributed by atoms with van der Waals surface area (Å²) in [4.78, 5) is 24.4. The lowest BCUT2D eigenvalue weighted by molar-refractivity contribution is -0.141. The third kappa shape index (κ3) is 5.37. The first kappa shape index (κ1) is 13.3. The molecule has 0 bridgehead atoms. The minimum absolute atomic E-state index is 0.0365. The van der Waals surface area contributed by atoms with Crippen molar-refractivity contribution in [3.63, 3.8) is 0 Å². The summed E-state index contributed by atoms with van der Waals surface area (Å²) >= 11 is 1.95. The Morgan fingerprint density at radius 1 is 1.38 bits per heavy atom. The first-order chi connectivity index (χ1) is 7.72. The van der Waals surface area contributed by atoms with Gasteiger partial charge in [-0.2, -0.15) is 11.8 Å². The second-order valence-electron chi connectivity index (χ2n) is 3.56. The topological polar surface area (TPSA) is 58.6 Å². The van der Waals surface area contributed by atoms with Crippen LogP contribution in [0, 0.1) is 0 Å². The van der Waals surface area contributed by atoms with Gasteiger partial charge in [0.1, 0.15) is 6.54 Å². The number of carbonyl (C=O) groups excluding carboxylic acids is 2. The molecule has 1 N–H and O–H groups in total. The van der Waals surface area contributed by atoms with Crippen LogP contribution in [0.15, 0.2) is 0 Å². The number of nitrogens with one attached hydrogen (secondary N) is 1. The van der Waals surface area contributed by atoms with E-state index in [9.17, 15) is 9.59 Å². The highest BCUT2D eigenvalue weighted by Crippen LogP contribution is 2.08. The van der Waals surface area contributed by atoms with Crippen LogP contribution in [0.2, 0.25) is 0 Å². The van der Waals surface area contributed by atoms with Crippen molar-refractivity contribution in [2.24, 2.45) is 0 Å². The van der Waals surface area contributed by atoms with Crippen LogP contribution in [0.4, 0.5) is 0 Å². The summed E-state index contributed by atoms with van der Waals surface area (Å²) in [6.07, 6.45) is 0.446. The van der Waals surface area contributed by atoms with E-state index in [2.05, 4.69) is 15.0 Å². The second-order valence-corrected chi connectivity index (χ2v) is 4.78. The molecule has 0 unspecified atom stereocenters. The van der Waals surface area contributed by atoms with Gasteiger partial charge in [-0.15, -0.1) is 0 Å². The van der Waals surface area contributed by atoms with Gasteiger partial charge in [0.25, 0.3) is 0 Å². The van der Waals surface area contributed by atoms with E-state index in [1.54, 1.807) is 0 Å². The lowest BCUT2D eigenvalue weighted by Crippen LogP contribution is -2.37. The lowest BCUT2D eigenvalue weighted by Gasteiger charge is -2.25. The molecule has 1 aliphatic heterocycles. The fraction of sp³-hybridized carbons (Fsp3) is 0.800. The van der Waals surface area contributed by atoms with Crippen LogP contribution in [0.25, 0.3) is 0 Å². The van der Waals surface area contributed by atoms with Gasteiger partial charge in [-0.05, 0) is 0 Å². The highest BCUT2D eigenvalue weighted by Gasteiger charge is 2.12. The Hall–Kier alpha value is -0.750. The summed E-state index contributed by atoms with van der Waals surface area (Å²) < 4.78 is 4.43. The third-order valence-corrected chi connectivity index (χ3v) is 3.36. The predicted molar refractivity (Wildman–Crippen MR) is 63.4 cm³/mol. The molecule has 0 aromatic heterocycles. The van der Waals surface area contributed by atoms with Crippen molar-refractivity contribution < 1.29 is 14.3 Å². The molecule has 1 fully saturated rings. The maximum absolute atomic E-state index is 11.4. The Bertz CT molecular complexity index is 242. The highest BCUT2D eigenvalue weighted by molar-refractivity contribution is 7.99. The molecule has 5 nitrogen and oxygen atoms in total. The number of nitrogens with zero attached hydrogens (tertiary/aromatic N) is 1. The minimum atomic E-state index is -0.414. The van der Waals surface area contributed by atoms with Crippen molar-refractivity contribution in [1.82, 2.24) is 10.2 Å². The highest BCUT2D eigenvalue weighted by atomic mass is 32.2. The first-order valence-corrected chi connectivity index (χ1v) is 6.51. The third-order valence-electron chi connectivity index (χ3n) is 2.42. The molecule has 92 valence electrons. The normalized spacial score (nSPS) is 16.8. The molecular weight excluding hydrogens is 228 g/mol. The van der Waals surface area contributed by atoms with Crippen molar-refractivity contribution in [2.75, 3.05) is 44.8 Å². The number of hydrogen-bond donors (Lipinski definition) is 1. The first-order valence-electron chi connectivity index (χ1n) is 5.36. The molecule has 0 spiro atoms. The van der Waals surface area contributed by atoms with Crippen LogP contribution < -0.4 is 5.32 Å². The van der Waals surface area contributed by atoms with E-state index in [1.165, 1.54) is 7.11 Å². The number of methoxy groups -OCH3 is 1. The summed E-state index contributed by atoms with van der Waals surface area (Å²) in [6.45, 7) is 2.84. The standard InChI is InChI=1S/C10H18N2O3S/c1-15-10(14)8-11-9(13)2-3-12-4-6-16-7-5-12/h2-8H2,1H3,(H,11,13). The maximum atomic E-state index is 11.4. The fourth-order valence-electron chi connectivity index (χ4n) is 1.42. The zero-order chi connectivity index (χ0) is 11.8. The van der Waals surface area contributed by atoms with Gasteiger partial charge in [0.05, 0.1) is 7.11 Å². The minimum Gasteiger partial charge on any atom is -0.468 e. The molecule has 1 heterocycles. The van der Waals surface area contributed by atoms with E-state index in [1.807, 2.05) is 11.8 Å². The van der Waals surface area contributed by atoms with Gasteiger partial charge in [0, 0.05) is 37.6 Å². The summed E-state index contributed by atoms with van der Waals surface area (Å²) in [6, 6.07) is 0. The van der Waals surface area contributed by atoms with Gasteiger partial charge in [-0.3, -0.25) is 9.59 Å². The van der Waals surface area contributed by atoms with Crippen molar-refractivity contribution in [3.05, 3.63) is 0 Å². The average Bonchev–Trinajstić information content (AvgIpc) is 2.34. The molecular formula is C10H18N2O3S. The molecule has 1 saturated heterocycles. The smallest absolute Gasteiger partial charge is 0.325 e. The van der Waals surface area contributed by atoms with Crippen LogP contribution in [0.3, 0.4) is 0 Å². The number of ether oxygens (including phenoxy) is 1. The van der Waals surface area contributed by atoms with Crippen molar-refractivity contribution in [2.45, 2.75) is 6.42 Å². The quantitative estimate of drug-likeness (QED) is 0.676. The summed E-state index contributed by atoms with van der Waals surface area (Å²) in [5, 5.41) is 2.53. The number of carbonyl (C=O) groups is 2. The van der Waals surface area contributed by atoms with Gasteiger partial charge in [0.15, 0.2) is 0 Å². The molecule has 1 aliphatic rings. The number of rotatable bonds is 5. The van der Waals surface area contributed by atoms with E-state index in [0.717, 1.165) is 31.1 Å². The molecule has 0 saturated carbocycles. The van der Waals surface area contributed by atoms with Gasteiger partial charge in [-0.25, -0.2) is 0 Å². The lowest BCUT2D eigenvalue weighted by atomic mass is 10.3. The second kappa shape index (κ2) is 7.51. The summed E-state index contributed by atoms with van der Waals surface area (Å²) in [7, 11) is 1.31. The monoisotopic (exact) mass is 246 g/mol. The Morgan fingerprint density at radius 2 is 2.06 bits per heavy atom. The molecule has 0 radical (unpaired) electrons. The molecule has 1 amide bonds. The van der Waals surface area contributed by atoms with Gasteiger partial charge in [-0.1, -0.05) is 0 Å². The van der Waals surface area contributed by atoms with E-state index in [0.29, 0.717) is 6.42 Å². The fourth-order valence-corrected chi connectivity index (χ4v) is 2.39. The van der Waals surface area contributed by atoms with Crippen molar-refractivity contribution >= 4 is 23.6 Å². The zero-order valence-corrected chi connectivity index (χ0v) is 10.3. The predicted octanol–water partition coefficient (Wildman–Crippen LogP) is -0.285. The number of hydrogen-bond acceptors (Lipinski definition) is 5. The molecule has 0 aromatic rings. The van der Waals surface area contributed by atoms with E-state index in [4.69, 9.17) is 0 Å². The van der Waals surface area contributed by atoms with Crippen LogP contribution in [-0.4, -0.2) is 61.6 Å². The largest absolute Gasteiger partial charge is 0.468 e. The molecule has 0 atom stereocenters. The van der Waals surface area contributed by atoms with Gasteiger partial charge >= 0.3 is 5.97 Å². The van der Waals surface area contributed by atoms with Gasteiger partial charge < -0.3 is 15.0 Å². The van der Waals surface area contributed by atoms with E-state index >= 15 is 0 Å². The summed E-state index contributed by atoms with van der Waals surface area (Å²) in [5.41, 5.74) is 0. The summed E-state index contributed by atoms with van der Waals surface area (Å²) in [5.74, 6) is 1.78. The Labute approximate surface area is 99.9 Å². The Morgan fingerprint density at radius 3 is 2.69 bits per heavy atom. The molecule has 16 heavy (non-hydrogen) atoms. The molecule has 0 aliphatic carbocycles. The van der Waals surface area contributed by atoms with Crippen LogP contribution >= 0.6 is 11.8 Å². The Kier molecular flexibility index (Phi) is 6.25. The van der Waals surface area contributed by atoms with E-state index < -0.39 is 5.97 Å². The number of thioether (sulfide) groups is 1.